The predicted octanol–water partition coefficient (Wildman–Crippen LogP) is 2.57. The Morgan fingerprint density at radius 1 is 1.08 bits per heavy atom. The molecule has 2 aromatic carbocycles. The lowest BCUT2D eigenvalue weighted by Crippen LogP contribution is -2.45. The molecular weight excluding hydrogens is 398 g/mol. The Bertz CT molecular complexity index is 851. The van der Waals surface area contributed by atoms with Crippen LogP contribution in [0.2, 0.25) is 0 Å². The molecule has 1 fully saturated rings. The fraction of sp³-hybridized carbons (Fsp3) is 0.211. The average Bonchev–Trinajstić information content (AvgIpc) is 3.02. The SMILES string of the molecule is Cc1ccccc1C(=O)NNC(=O)[C@H]1CC(=O)N(c2ccc(Br)cc2)C1. The van der Waals surface area contributed by atoms with E-state index in [0.29, 0.717) is 5.56 Å². The highest BCUT2D eigenvalue weighted by Gasteiger charge is 2.35. The first-order valence-corrected chi connectivity index (χ1v) is 8.97. The molecule has 3 rings (SSSR count). The summed E-state index contributed by atoms with van der Waals surface area (Å²) in [5, 5.41) is 0. The van der Waals surface area contributed by atoms with Crippen LogP contribution in [-0.4, -0.2) is 24.3 Å². The second-order valence-corrected chi connectivity index (χ2v) is 7.06. The van der Waals surface area contributed by atoms with Crippen LogP contribution in [0.1, 0.15) is 22.3 Å². The van der Waals surface area contributed by atoms with Crippen molar-refractivity contribution in [3.63, 3.8) is 0 Å². The first kappa shape index (κ1) is 18.1. The van der Waals surface area contributed by atoms with Crippen molar-refractivity contribution in [2.24, 2.45) is 5.92 Å². The van der Waals surface area contributed by atoms with Gasteiger partial charge in [-0.1, -0.05) is 34.1 Å². The molecule has 1 aliphatic rings. The molecular formula is C19H18BrN3O3. The Labute approximate surface area is 159 Å². The highest BCUT2D eigenvalue weighted by molar-refractivity contribution is 9.10. The van der Waals surface area contributed by atoms with Gasteiger partial charge in [-0.2, -0.15) is 0 Å². The minimum absolute atomic E-state index is 0.113. The van der Waals surface area contributed by atoms with Gasteiger partial charge in [0.25, 0.3) is 5.91 Å². The lowest BCUT2D eigenvalue weighted by atomic mass is 10.1. The second-order valence-electron chi connectivity index (χ2n) is 6.14. The van der Waals surface area contributed by atoms with Gasteiger partial charge in [0.05, 0.1) is 5.92 Å². The van der Waals surface area contributed by atoms with Crippen molar-refractivity contribution >= 4 is 39.3 Å². The van der Waals surface area contributed by atoms with Crippen molar-refractivity contribution in [1.29, 1.82) is 0 Å². The van der Waals surface area contributed by atoms with E-state index in [4.69, 9.17) is 0 Å². The third-order valence-corrected chi connectivity index (χ3v) is 4.85. The van der Waals surface area contributed by atoms with Crippen molar-refractivity contribution in [1.82, 2.24) is 10.9 Å². The third kappa shape index (κ3) is 3.94. The second kappa shape index (κ2) is 7.70. The molecule has 2 N–H and O–H groups in total. The molecule has 7 heteroatoms. The summed E-state index contributed by atoms with van der Waals surface area (Å²) in [5.74, 6) is -1.38. The van der Waals surface area contributed by atoms with Gasteiger partial charge in [0, 0.05) is 28.7 Å². The molecule has 6 nitrogen and oxygen atoms in total. The van der Waals surface area contributed by atoms with Gasteiger partial charge in [-0.3, -0.25) is 25.2 Å². The van der Waals surface area contributed by atoms with Crippen LogP contribution in [-0.2, 0) is 9.59 Å². The smallest absolute Gasteiger partial charge is 0.269 e. The molecule has 1 atom stereocenters. The largest absolute Gasteiger partial charge is 0.312 e. The van der Waals surface area contributed by atoms with E-state index >= 15 is 0 Å². The fourth-order valence-corrected chi connectivity index (χ4v) is 3.13. The molecule has 26 heavy (non-hydrogen) atoms. The van der Waals surface area contributed by atoms with E-state index in [1.54, 1.807) is 17.0 Å². The van der Waals surface area contributed by atoms with Gasteiger partial charge in [0.1, 0.15) is 0 Å². The van der Waals surface area contributed by atoms with Gasteiger partial charge in [0.2, 0.25) is 11.8 Å². The number of halogens is 1. The number of carbonyl (C=O) groups is 3. The van der Waals surface area contributed by atoms with Crippen LogP contribution in [0.3, 0.4) is 0 Å². The summed E-state index contributed by atoms with van der Waals surface area (Å²) in [6, 6.07) is 14.4. The zero-order chi connectivity index (χ0) is 18.7. The summed E-state index contributed by atoms with van der Waals surface area (Å²) >= 11 is 3.35. The number of aryl methyl sites for hydroxylation is 1. The fourth-order valence-electron chi connectivity index (χ4n) is 2.87. The Kier molecular flexibility index (Phi) is 5.37. The standard InChI is InChI=1S/C19H18BrN3O3/c1-12-4-2-3-5-16(12)19(26)22-21-18(25)13-10-17(24)23(11-13)15-8-6-14(20)7-9-15/h2-9,13H,10-11H2,1H3,(H,21,25)(H,22,26)/t13-/m0/s1. The number of hydrogen-bond donors (Lipinski definition) is 2. The van der Waals surface area contributed by atoms with Crippen LogP contribution in [0.5, 0.6) is 0 Å². The number of anilines is 1. The Morgan fingerprint density at radius 2 is 1.77 bits per heavy atom. The molecule has 0 aliphatic carbocycles. The van der Waals surface area contributed by atoms with Crippen molar-refractivity contribution < 1.29 is 14.4 Å². The zero-order valence-corrected chi connectivity index (χ0v) is 15.7. The molecule has 134 valence electrons. The maximum absolute atomic E-state index is 12.3. The van der Waals surface area contributed by atoms with Crippen molar-refractivity contribution in [2.75, 3.05) is 11.4 Å². The Hall–Kier alpha value is -2.67. The molecule has 0 unspecified atom stereocenters. The van der Waals surface area contributed by atoms with Crippen molar-refractivity contribution in [2.45, 2.75) is 13.3 Å². The third-order valence-electron chi connectivity index (χ3n) is 4.32. The summed E-state index contributed by atoms with van der Waals surface area (Å²) in [4.78, 5) is 38.3. The summed E-state index contributed by atoms with van der Waals surface area (Å²) in [5.41, 5.74) is 6.90. The maximum atomic E-state index is 12.3. The Morgan fingerprint density at radius 3 is 2.46 bits per heavy atom. The van der Waals surface area contributed by atoms with E-state index in [9.17, 15) is 14.4 Å². The summed E-state index contributed by atoms with van der Waals surface area (Å²) in [6.45, 7) is 2.11. The number of rotatable bonds is 3. The number of hydrogen-bond acceptors (Lipinski definition) is 3. The number of nitrogens with one attached hydrogen (secondary N) is 2. The predicted molar refractivity (Wildman–Crippen MR) is 101 cm³/mol. The maximum Gasteiger partial charge on any atom is 0.269 e. The van der Waals surface area contributed by atoms with E-state index in [-0.39, 0.29) is 30.7 Å². The quantitative estimate of drug-likeness (QED) is 0.756. The van der Waals surface area contributed by atoms with E-state index in [2.05, 4.69) is 26.8 Å². The van der Waals surface area contributed by atoms with Crippen LogP contribution in [0, 0.1) is 12.8 Å². The molecule has 0 bridgehead atoms. The first-order chi connectivity index (χ1) is 12.5. The van der Waals surface area contributed by atoms with Crippen molar-refractivity contribution in [3.8, 4) is 0 Å². The molecule has 0 aromatic heterocycles. The highest BCUT2D eigenvalue weighted by Crippen LogP contribution is 2.26. The van der Waals surface area contributed by atoms with Gasteiger partial charge in [-0.05, 0) is 42.8 Å². The first-order valence-electron chi connectivity index (χ1n) is 8.17. The minimum atomic E-state index is -0.511. The lowest BCUT2D eigenvalue weighted by molar-refractivity contribution is -0.126. The van der Waals surface area contributed by atoms with Gasteiger partial charge in [-0.15, -0.1) is 0 Å². The van der Waals surface area contributed by atoms with Crippen LogP contribution >= 0.6 is 15.9 Å². The van der Waals surface area contributed by atoms with Crippen LogP contribution in [0.15, 0.2) is 53.0 Å². The average molecular weight is 416 g/mol. The Balaban J connectivity index is 1.59. The normalized spacial score (nSPS) is 16.5. The number of carbonyl (C=O) groups excluding carboxylic acids is 3. The van der Waals surface area contributed by atoms with Gasteiger partial charge >= 0.3 is 0 Å². The molecule has 0 radical (unpaired) electrons. The van der Waals surface area contributed by atoms with Gasteiger partial charge in [0.15, 0.2) is 0 Å². The summed E-state index contributed by atoms with van der Waals surface area (Å²) in [6.07, 6.45) is 0.113. The zero-order valence-electron chi connectivity index (χ0n) is 14.2. The van der Waals surface area contributed by atoms with Crippen LogP contribution in [0.25, 0.3) is 0 Å². The van der Waals surface area contributed by atoms with Gasteiger partial charge < -0.3 is 4.90 Å². The number of nitrogens with zero attached hydrogens (tertiary/aromatic N) is 1. The monoisotopic (exact) mass is 415 g/mol. The molecule has 1 heterocycles. The van der Waals surface area contributed by atoms with E-state index in [1.165, 1.54) is 0 Å². The topological polar surface area (TPSA) is 78.5 Å². The van der Waals surface area contributed by atoms with E-state index in [1.807, 2.05) is 43.3 Å². The lowest BCUT2D eigenvalue weighted by Gasteiger charge is -2.17. The molecule has 1 aliphatic heterocycles. The molecule has 3 amide bonds. The molecule has 0 saturated carbocycles. The minimum Gasteiger partial charge on any atom is -0.312 e. The molecule has 1 saturated heterocycles. The number of amides is 3. The van der Waals surface area contributed by atoms with Crippen molar-refractivity contribution in [3.05, 3.63) is 64.1 Å². The van der Waals surface area contributed by atoms with Gasteiger partial charge in [-0.25, -0.2) is 0 Å². The highest BCUT2D eigenvalue weighted by atomic mass is 79.9. The van der Waals surface area contributed by atoms with Crippen LogP contribution in [0.4, 0.5) is 5.69 Å². The van der Waals surface area contributed by atoms with E-state index in [0.717, 1.165) is 15.7 Å². The van der Waals surface area contributed by atoms with E-state index < -0.39 is 5.92 Å². The summed E-state index contributed by atoms with van der Waals surface area (Å²) in [7, 11) is 0. The summed E-state index contributed by atoms with van der Waals surface area (Å²) < 4.78 is 0.918. The molecule has 0 spiro atoms. The number of hydrazine groups is 1. The number of benzene rings is 2. The molecule has 2 aromatic rings. The van der Waals surface area contributed by atoms with Crippen LogP contribution < -0.4 is 15.8 Å².